The molecule has 2 atom stereocenters. The summed E-state index contributed by atoms with van der Waals surface area (Å²) in [7, 11) is 0. The smallest absolute Gasteiger partial charge is 0.257 e. The second kappa shape index (κ2) is 7.99. The number of hydrogen-bond acceptors (Lipinski definition) is 6. The van der Waals surface area contributed by atoms with Crippen molar-refractivity contribution in [3.63, 3.8) is 0 Å². The number of aromatic nitrogens is 2. The molecular formula is C26H25FN4O2S. The van der Waals surface area contributed by atoms with Gasteiger partial charge in [0.15, 0.2) is 0 Å². The quantitative estimate of drug-likeness (QED) is 0.412. The zero-order valence-electron chi connectivity index (χ0n) is 19.1. The number of carbonyl (C=O) groups excluding carboxylic acids is 1. The Morgan fingerprint density at radius 1 is 1.15 bits per heavy atom. The molecule has 1 fully saturated rings. The summed E-state index contributed by atoms with van der Waals surface area (Å²) < 4.78 is 22.0. The van der Waals surface area contributed by atoms with E-state index in [9.17, 15) is 4.79 Å². The van der Waals surface area contributed by atoms with E-state index >= 15 is 4.39 Å². The van der Waals surface area contributed by atoms with Crippen LogP contribution >= 0.6 is 11.3 Å². The van der Waals surface area contributed by atoms with E-state index in [1.54, 1.807) is 17.4 Å². The van der Waals surface area contributed by atoms with E-state index < -0.39 is 5.82 Å². The fourth-order valence-corrected chi connectivity index (χ4v) is 6.17. The number of pyridine rings is 1. The number of thiazole rings is 1. The Balaban J connectivity index is 1.43. The van der Waals surface area contributed by atoms with Gasteiger partial charge in [0.25, 0.3) is 5.91 Å². The number of amides is 1. The van der Waals surface area contributed by atoms with Gasteiger partial charge in [-0.1, -0.05) is 13.0 Å². The number of benzene rings is 2. The summed E-state index contributed by atoms with van der Waals surface area (Å²) in [6.45, 7) is 5.49. The fraction of sp³-hybridized carbons (Fsp3) is 0.346. The first-order chi connectivity index (χ1) is 16.4. The second-order valence-electron chi connectivity index (χ2n) is 9.41. The minimum absolute atomic E-state index is 0.0713. The lowest BCUT2D eigenvalue weighted by atomic mass is 9.89. The Labute approximate surface area is 200 Å². The van der Waals surface area contributed by atoms with Crippen molar-refractivity contribution in [2.45, 2.75) is 45.9 Å². The highest BCUT2D eigenvalue weighted by Gasteiger charge is 2.33. The number of ether oxygens (including phenoxy) is 1. The Hall–Kier alpha value is -3.10. The Morgan fingerprint density at radius 2 is 1.97 bits per heavy atom. The van der Waals surface area contributed by atoms with Crippen LogP contribution in [0.3, 0.4) is 0 Å². The van der Waals surface area contributed by atoms with Crippen LogP contribution in [0.1, 0.15) is 57.9 Å². The summed E-state index contributed by atoms with van der Waals surface area (Å²) in [6, 6.07) is 9.06. The number of nitrogens with two attached hydrogens (primary N) is 1. The highest BCUT2D eigenvalue weighted by Crippen LogP contribution is 2.38. The van der Waals surface area contributed by atoms with Crippen LogP contribution < -0.4 is 5.73 Å². The van der Waals surface area contributed by atoms with Crippen LogP contribution in [0, 0.1) is 18.7 Å². The van der Waals surface area contributed by atoms with E-state index in [1.807, 2.05) is 17.9 Å². The van der Waals surface area contributed by atoms with Crippen molar-refractivity contribution >= 4 is 44.2 Å². The predicted octanol–water partition coefficient (Wildman–Crippen LogP) is 5.52. The Kier molecular flexibility index (Phi) is 5.04. The molecule has 34 heavy (non-hydrogen) atoms. The molecule has 0 spiro atoms. The van der Waals surface area contributed by atoms with Crippen molar-refractivity contribution in [2.24, 2.45) is 5.92 Å². The van der Waals surface area contributed by atoms with Crippen molar-refractivity contribution in [3.8, 4) is 0 Å². The number of nitrogen functional groups attached to an aromatic ring is 1. The topological polar surface area (TPSA) is 81.3 Å². The molecule has 2 aliphatic heterocycles. The molecule has 2 aromatic heterocycles. The Bertz CT molecular complexity index is 1470. The molecule has 4 heterocycles. The zero-order valence-corrected chi connectivity index (χ0v) is 19.9. The molecule has 0 saturated carbocycles. The van der Waals surface area contributed by atoms with E-state index in [0.29, 0.717) is 37.0 Å². The number of anilines is 1. The molecule has 174 valence electrons. The molecular weight excluding hydrogens is 451 g/mol. The number of carbonyl (C=O) groups is 1. The van der Waals surface area contributed by atoms with Crippen LogP contribution in [0.15, 0.2) is 30.3 Å². The van der Waals surface area contributed by atoms with Crippen molar-refractivity contribution in [1.82, 2.24) is 14.9 Å². The summed E-state index contributed by atoms with van der Waals surface area (Å²) in [4.78, 5) is 24.6. The van der Waals surface area contributed by atoms with Gasteiger partial charge in [0.2, 0.25) is 0 Å². The van der Waals surface area contributed by atoms with E-state index in [0.717, 1.165) is 50.1 Å². The van der Waals surface area contributed by atoms with Crippen molar-refractivity contribution in [3.05, 3.63) is 63.4 Å². The molecule has 0 unspecified atom stereocenters. The van der Waals surface area contributed by atoms with Crippen molar-refractivity contribution in [1.29, 1.82) is 0 Å². The summed E-state index contributed by atoms with van der Waals surface area (Å²) in [5, 5.41) is 1.75. The minimum atomic E-state index is -0.575. The maximum atomic E-state index is 15.3. The van der Waals surface area contributed by atoms with Gasteiger partial charge in [0.1, 0.15) is 11.6 Å². The number of fused-ring (bicyclic) bond motifs is 4. The van der Waals surface area contributed by atoms with Gasteiger partial charge in [0.05, 0.1) is 45.6 Å². The summed E-state index contributed by atoms with van der Waals surface area (Å²) in [5.41, 5.74) is 10.3. The fourth-order valence-electron chi connectivity index (χ4n) is 5.30. The lowest BCUT2D eigenvalue weighted by Gasteiger charge is -2.39. The van der Waals surface area contributed by atoms with E-state index in [4.69, 9.17) is 10.5 Å². The molecule has 1 saturated heterocycles. The first kappa shape index (κ1) is 21.4. The average molecular weight is 477 g/mol. The molecule has 2 aliphatic rings. The largest absolute Gasteiger partial charge is 0.383 e. The number of likely N-dealkylation sites (tertiary alicyclic amines) is 1. The lowest BCUT2D eigenvalue weighted by Crippen LogP contribution is -2.42. The number of hydrogen-bond donors (Lipinski definition) is 1. The average Bonchev–Trinajstić information content (AvgIpc) is 3.44. The molecule has 0 radical (unpaired) electrons. The lowest BCUT2D eigenvalue weighted by molar-refractivity contribution is 0.0540. The van der Waals surface area contributed by atoms with Gasteiger partial charge in [-0.15, -0.1) is 11.3 Å². The molecule has 6 nitrogen and oxygen atoms in total. The van der Waals surface area contributed by atoms with Gasteiger partial charge in [-0.05, 0) is 55.0 Å². The van der Waals surface area contributed by atoms with E-state index in [-0.39, 0.29) is 17.5 Å². The van der Waals surface area contributed by atoms with Gasteiger partial charge < -0.3 is 15.4 Å². The van der Waals surface area contributed by atoms with Gasteiger partial charge >= 0.3 is 0 Å². The number of piperidine rings is 1. The third-order valence-corrected chi connectivity index (χ3v) is 7.96. The minimum Gasteiger partial charge on any atom is -0.383 e. The SMILES string of the molecule is Cc1nc2ccc([C@H]3CC[C@H](C)CN3C(=O)c3cc4c5c(c(N)nc4cc3F)COC5)cc2s1. The van der Waals surface area contributed by atoms with Crippen molar-refractivity contribution < 1.29 is 13.9 Å². The standard InChI is InChI=1S/C26H25FN4O2S/c1-13-3-6-23(15-4-5-21-24(7-15)34-14(2)29-21)31(10-13)26(32)17-8-16-18-11-33-12-19(18)25(28)30-22(16)9-20(17)27/h4-5,7-9,13,23H,3,6,10-12H2,1-2H3,(H2,28,30)/t13-,23+/m0/s1. The number of aryl methyl sites for hydroxylation is 1. The predicted molar refractivity (Wildman–Crippen MR) is 131 cm³/mol. The number of rotatable bonds is 2. The third kappa shape index (κ3) is 3.44. The van der Waals surface area contributed by atoms with Gasteiger partial charge in [-0.3, -0.25) is 4.79 Å². The maximum absolute atomic E-state index is 15.3. The van der Waals surface area contributed by atoms with Crippen LogP contribution in [0.25, 0.3) is 21.1 Å². The molecule has 0 aliphatic carbocycles. The van der Waals surface area contributed by atoms with Crippen LogP contribution in [-0.2, 0) is 18.0 Å². The Morgan fingerprint density at radius 3 is 2.82 bits per heavy atom. The number of nitrogens with zero attached hydrogens (tertiary/aromatic N) is 3. The zero-order chi connectivity index (χ0) is 23.6. The van der Waals surface area contributed by atoms with E-state index in [1.165, 1.54) is 6.07 Å². The second-order valence-corrected chi connectivity index (χ2v) is 10.6. The van der Waals surface area contributed by atoms with Crippen LogP contribution in [0.2, 0.25) is 0 Å². The van der Waals surface area contributed by atoms with Crippen LogP contribution in [-0.4, -0.2) is 27.3 Å². The first-order valence-electron chi connectivity index (χ1n) is 11.6. The molecule has 2 N–H and O–H groups in total. The summed E-state index contributed by atoms with van der Waals surface area (Å²) in [5.74, 6) is -0.163. The highest BCUT2D eigenvalue weighted by atomic mass is 32.1. The van der Waals surface area contributed by atoms with E-state index in [2.05, 4.69) is 29.0 Å². The maximum Gasteiger partial charge on any atom is 0.257 e. The molecule has 6 rings (SSSR count). The van der Waals surface area contributed by atoms with Crippen molar-refractivity contribution in [2.75, 3.05) is 12.3 Å². The summed E-state index contributed by atoms with van der Waals surface area (Å²) >= 11 is 1.65. The molecule has 0 bridgehead atoms. The van der Waals surface area contributed by atoms with Gasteiger partial charge in [-0.2, -0.15) is 0 Å². The van der Waals surface area contributed by atoms with Gasteiger partial charge in [0, 0.05) is 23.6 Å². The summed E-state index contributed by atoms with van der Waals surface area (Å²) in [6.07, 6.45) is 1.86. The molecule has 1 amide bonds. The third-order valence-electron chi connectivity index (χ3n) is 7.03. The molecule has 8 heteroatoms. The van der Waals surface area contributed by atoms with Gasteiger partial charge in [-0.25, -0.2) is 14.4 Å². The monoisotopic (exact) mass is 476 g/mol. The normalized spacial score (nSPS) is 20.3. The first-order valence-corrected chi connectivity index (χ1v) is 12.4. The molecule has 2 aromatic carbocycles. The molecule has 4 aromatic rings. The number of halogens is 1. The van der Waals surface area contributed by atoms with Crippen LogP contribution in [0.4, 0.5) is 10.2 Å². The van der Waals surface area contributed by atoms with Crippen LogP contribution in [0.5, 0.6) is 0 Å². The highest BCUT2D eigenvalue weighted by molar-refractivity contribution is 7.18.